The van der Waals surface area contributed by atoms with E-state index in [0.29, 0.717) is 31.0 Å². The standard InChI is InChI=1S/C24H31ClN2O2/c1-3-5-16-26-24(29)22(17-19-10-7-6-8-11-19)27(23(28)9-4-2)18-20-12-14-21(25)15-13-20/h6-8,10-15,22H,3-5,9,16-18H2,1-2H3,(H,26,29)/t22-/m0/s1. The second kappa shape index (κ2) is 12.3. The second-order valence-corrected chi connectivity index (χ2v) is 7.68. The predicted molar refractivity (Wildman–Crippen MR) is 119 cm³/mol. The van der Waals surface area contributed by atoms with Crippen LogP contribution in [0.1, 0.15) is 50.7 Å². The van der Waals surface area contributed by atoms with E-state index in [1.54, 1.807) is 4.90 Å². The quantitative estimate of drug-likeness (QED) is 0.526. The molecule has 0 fully saturated rings. The molecular weight excluding hydrogens is 384 g/mol. The summed E-state index contributed by atoms with van der Waals surface area (Å²) in [6.45, 7) is 5.07. The van der Waals surface area contributed by atoms with E-state index in [0.717, 1.165) is 30.4 Å². The van der Waals surface area contributed by atoms with Gasteiger partial charge in [0, 0.05) is 31.0 Å². The number of halogens is 1. The zero-order valence-electron chi connectivity index (χ0n) is 17.4. The van der Waals surface area contributed by atoms with Crippen molar-refractivity contribution in [2.45, 2.75) is 58.5 Å². The maximum atomic E-state index is 13.1. The number of carbonyl (C=O) groups is 2. The van der Waals surface area contributed by atoms with Gasteiger partial charge in [0.15, 0.2) is 0 Å². The van der Waals surface area contributed by atoms with E-state index < -0.39 is 6.04 Å². The first-order valence-corrected chi connectivity index (χ1v) is 10.8. The first kappa shape index (κ1) is 23.0. The summed E-state index contributed by atoms with van der Waals surface area (Å²) in [7, 11) is 0. The van der Waals surface area contributed by atoms with E-state index >= 15 is 0 Å². The van der Waals surface area contributed by atoms with Gasteiger partial charge < -0.3 is 10.2 Å². The Morgan fingerprint density at radius 3 is 2.28 bits per heavy atom. The lowest BCUT2D eigenvalue weighted by Gasteiger charge is -2.31. The van der Waals surface area contributed by atoms with Crippen LogP contribution < -0.4 is 5.32 Å². The molecule has 0 saturated heterocycles. The number of nitrogens with zero attached hydrogens (tertiary/aromatic N) is 1. The lowest BCUT2D eigenvalue weighted by atomic mass is 10.0. The molecule has 0 aliphatic carbocycles. The Morgan fingerprint density at radius 1 is 0.966 bits per heavy atom. The first-order valence-electron chi connectivity index (χ1n) is 10.4. The van der Waals surface area contributed by atoms with E-state index in [9.17, 15) is 9.59 Å². The summed E-state index contributed by atoms with van der Waals surface area (Å²) >= 11 is 6.01. The van der Waals surface area contributed by atoms with E-state index in [4.69, 9.17) is 11.6 Å². The number of hydrogen-bond acceptors (Lipinski definition) is 2. The number of benzene rings is 2. The zero-order chi connectivity index (χ0) is 21.1. The fourth-order valence-corrected chi connectivity index (χ4v) is 3.33. The number of amides is 2. The Bertz CT molecular complexity index is 762. The number of unbranched alkanes of at least 4 members (excludes halogenated alkanes) is 1. The SMILES string of the molecule is CCCCNC(=O)[C@H](Cc1ccccc1)N(Cc1ccc(Cl)cc1)C(=O)CCC. The van der Waals surface area contributed by atoms with Crippen molar-refractivity contribution in [1.29, 1.82) is 0 Å². The third-order valence-corrected chi connectivity index (χ3v) is 5.08. The minimum absolute atomic E-state index is 0.00553. The Labute approximate surface area is 179 Å². The maximum Gasteiger partial charge on any atom is 0.243 e. The molecule has 0 aromatic heterocycles. The highest BCUT2D eigenvalue weighted by molar-refractivity contribution is 6.30. The van der Waals surface area contributed by atoms with Crippen molar-refractivity contribution in [2.24, 2.45) is 0 Å². The van der Waals surface area contributed by atoms with Crippen molar-refractivity contribution in [2.75, 3.05) is 6.54 Å². The van der Waals surface area contributed by atoms with Gasteiger partial charge in [-0.15, -0.1) is 0 Å². The molecular formula is C24H31ClN2O2. The molecule has 5 heteroatoms. The highest BCUT2D eigenvalue weighted by atomic mass is 35.5. The normalized spacial score (nSPS) is 11.7. The molecule has 2 aromatic rings. The summed E-state index contributed by atoms with van der Waals surface area (Å²) in [6.07, 6.45) is 3.57. The summed E-state index contributed by atoms with van der Waals surface area (Å²) in [4.78, 5) is 27.8. The van der Waals surface area contributed by atoms with Gasteiger partial charge in [-0.3, -0.25) is 9.59 Å². The number of carbonyl (C=O) groups excluding carboxylic acids is 2. The van der Waals surface area contributed by atoms with E-state index in [1.165, 1.54) is 0 Å². The van der Waals surface area contributed by atoms with Crippen molar-refractivity contribution < 1.29 is 9.59 Å². The number of rotatable bonds is 11. The van der Waals surface area contributed by atoms with E-state index in [-0.39, 0.29) is 11.8 Å². The molecule has 0 heterocycles. The molecule has 4 nitrogen and oxygen atoms in total. The van der Waals surface area contributed by atoms with Crippen molar-refractivity contribution in [3.63, 3.8) is 0 Å². The third-order valence-electron chi connectivity index (χ3n) is 4.83. The van der Waals surface area contributed by atoms with Gasteiger partial charge in [-0.25, -0.2) is 0 Å². The van der Waals surface area contributed by atoms with Crippen molar-refractivity contribution in [3.8, 4) is 0 Å². The van der Waals surface area contributed by atoms with Gasteiger partial charge in [-0.2, -0.15) is 0 Å². The second-order valence-electron chi connectivity index (χ2n) is 7.25. The number of hydrogen-bond donors (Lipinski definition) is 1. The van der Waals surface area contributed by atoms with Gasteiger partial charge in [0.2, 0.25) is 11.8 Å². The molecule has 0 spiro atoms. The molecule has 0 saturated carbocycles. The average molecular weight is 415 g/mol. The van der Waals surface area contributed by atoms with Gasteiger partial charge >= 0.3 is 0 Å². The lowest BCUT2D eigenvalue weighted by molar-refractivity contribution is -0.141. The Morgan fingerprint density at radius 2 is 1.66 bits per heavy atom. The molecule has 0 radical (unpaired) electrons. The lowest BCUT2D eigenvalue weighted by Crippen LogP contribution is -2.50. The van der Waals surface area contributed by atoms with Crippen LogP contribution in [0.15, 0.2) is 54.6 Å². The summed E-state index contributed by atoms with van der Waals surface area (Å²) in [5.74, 6) is -0.102. The Balaban J connectivity index is 2.30. The Kier molecular flexibility index (Phi) is 9.72. The van der Waals surface area contributed by atoms with Gasteiger partial charge in [-0.1, -0.05) is 74.3 Å². The van der Waals surface area contributed by atoms with Gasteiger partial charge in [0.25, 0.3) is 0 Å². The smallest absolute Gasteiger partial charge is 0.243 e. The molecule has 156 valence electrons. The molecule has 0 aliphatic rings. The van der Waals surface area contributed by atoms with Gasteiger partial charge in [0.05, 0.1) is 0 Å². The van der Waals surface area contributed by atoms with Crippen LogP contribution in [0.3, 0.4) is 0 Å². The molecule has 1 atom stereocenters. The monoisotopic (exact) mass is 414 g/mol. The van der Waals surface area contributed by atoms with Crippen LogP contribution in [0.4, 0.5) is 0 Å². The molecule has 0 unspecified atom stereocenters. The topological polar surface area (TPSA) is 49.4 Å². The van der Waals surface area contributed by atoms with E-state index in [2.05, 4.69) is 12.2 Å². The molecule has 0 aliphatic heterocycles. The largest absolute Gasteiger partial charge is 0.354 e. The fraction of sp³-hybridized carbons (Fsp3) is 0.417. The maximum absolute atomic E-state index is 13.1. The van der Waals surface area contributed by atoms with Crippen molar-refractivity contribution >= 4 is 23.4 Å². The molecule has 1 N–H and O–H groups in total. The highest BCUT2D eigenvalue weighted by Gasteiger charge is 2.29. The molecule has 2 amide bonds. The van der Waals surface area contributed by atoms with Crippen LogP contribution >= 0.6 is 11.6 Å². The molecule has 0 bridgehead atoms. The van der Waals surface area contributed by atoms with Crippen LogP contribution in [0.2, 0.25) is 5.02 Å². The minimum Gasteiger partial charge on any atom is -0.354 e. The first-order chi connectivity index (χ1) is 14.0. The van der Waals surface area contributed by atoms with Crippen LogP contribution in [0.25, 0.3) is 0 Å². The van der Waals surface area contributed by atoms with Crippen molar-refractivity contribution in [3.05, 3.63) is 70.7 Å². The summed E-state index contributed by atoms with van der Waals surface area (Å²) < 4.78 is 0. The zero-order valence-corrected chi connectivity index (χ0v) is 18.1. The molecule has 29 heavy (non-hydrogen) atoms. The molecule has 2 rings (SSSR count). The molecule has 2 aromatic carbocycles. The van der Waals surface area contributed by atoms with Gasteiger partial charge in [0.1, 0.15) is 6.04 Å². The van der Waals surface area contributed by atoms with Gasteiger partial charge in [-0.05, 0) is 36.1 Å². The van der Waals surface area contributed by atoms with Crippen LogP contribution in [0, 0.1) is 0 Å². The fourth-order valence-electron chi connectivity index (χ4n) is 3.20. The van der Waals surface area contributed by atoms with Crippen LogP contribution in [-0.2, 0) is 22.6 Å². The predicted octanol–water partition coefficient (Wildman–Crippen LogP) is 5.00. The third kappa shape index (κ3) is 7.54. The highest BCUT2D eigenvalue weighted by Crippen LogP contribution is 2.18. The summed E-state index contributed by atoms with van der Waals surface area (Å²) in [6, 6.07) is 16.7. The average Bonchev–Trinajstić information content (AvgIpc) is 2.73. The van der Waals surface area contributed by atoms with Crippen molar-refractivity contribution in [1.82, 2.24) is 10.2 Å². The van der Waals surface area contributed by atoms with E-state index in [1.807, 2.05) is 61.5 Å². The van der Waals surface area contributed by atoms with Crippen LogP contribution in [-0.4, -0.2) is 29.3 Å². The summed E-state index contributed by atoms with van der Waals surface area (Å²) in [5.41, 5.74) is 1.99. The summed E-state index contributed by atoms with van der Waals surface area (Å²) in [5, 5.41) is 3.67. The van der Waals surface area contributed by atoms with Crippen LogP contribution in [0.5, 0.6) is 0 Å². The number of nitrogens with one attached hydrogen (secondary N) is 1. The Hall–Kier alpha value is -2.33. The minimum atomic E-state index is -0.552.